The van der Waals surface area contributed by atoms with E-state index in [1.807, 2.05) is 0 Å². The highest BCUT2D eigenvalue weighted by molar-refractivity contribution is 7.92. The molecule has 2 heterocycles. The minimum absolute atomic E-state index is 0.0102. The fourth-order valence-corrected chi connectivity index (χ4v) is 5.44. The van der Waals surface area contributed by atoms with Crippen LogP contribution in [0.1, 0.15) is 38.2 Å². The molecule has 3 aromatic rings. The van der Waals surface area contributed by atoms with Crippen LogP contribution in [-0.2, 0) is 9.84 Å². The van der Waals surface area contributed by atoms with E-state index in [4.69, 9.17) is 11.6 Å². The van der Waals surface area contributed by atoms with Gasteiger partial charge in [0.25, 0.3) is 0 Å². The molecule has 204 valence electrons. The number of piperidine rings is 1. The molecule has 0 radical (unpaired) electrons. The summed E-state index contributed by atoms with van der Waals surface area (Å²) in [5.74, 6) is -0.288. The predicted molar refractivity (Wildman–Crippen MR) is 140 cm³/mol. The van der Waals surface area contributed by atoms with Crippen molar-refractivity contribution in [3.8, 4) is 5.75 Å². The summed E-state index contributed by atoms with van der Waals surface area (Å²) in [6.07, 6.45) is -2.03. The average molecular weight is 570 g/mol. The molecule has 38 heavy (non-hydrogen) atoms. The third kappa shape index (κ3) is 6.66. The van der Waals surface area contributed by atoms with E-state index in [2.05, 4.69) is 30.7 Å². The standard InChI is InChI=1S/C25H27ClF3N5O3S/c1-15(2)38(35,36)22-6-4-3-5-20(22)32-23-18(26)14-31-24(34-23)33-19-8-7-17(16-9-11-30-12-10-16)13-21(19)37-25(27,28)29/h3-8,13-16,30H,9-12H2,1-2H3,(H2,31,32,33,34). The Balaban J connectivity index is 1.64. The third-order valence-electron chi connectivity index (χ3n) is 6.10. The zero-order chi connectivity index (χ0) is 27.5. The summed E-state index contributed by atoms with van der Waals surface area (Å²) >= 11 is 6.26. The van der Waals surface area contributed by atoms with Gasteiger partial charge in [-0.2, -0.15) is 4.98 Å². The van der Waals surface area contributed by atoms with Gasteiger partial charge in [0.05, 0.1) is 27.7 Å². The number of hydrogen-bond acceptors (Lipinski definition) is 8. The number of aromatic nitrogens is 2. The molecule has 1 aliphatic rings. The molecule has 0 amide bonds. The Morgan fingerprint density at radius 2 is 1.79 bits per heavy atom. The minimum atomic E-state index is -4.90. The Hall–Kier alpha value is -3.09. The summed E-state index contributed by atoms with van der Waals surface area (Å²) in [7, 11) is -3.63. The largest absolute Gasteiger partial charge is 0.573 e. The van der Waals surface area contributed by atoms with E-state index in [-0.39, 0.29) is 39.0 Å². The molecular formula is C25H27ClF3N5O3S. The summed E-state index contributed by atoms with van der Waals surface area (Å²) in [5, 5.41) is 8.33. The number of anilines is 4. The second-order valence-electron chi connectivity index (χ2n) is 9.06. The van der Waals surface area contributed by atoms with E-state index in [0.717, 1.165) is 31.5 Å². The molecule has 0 bridgehead atoms. The van der Waals surface area contributed by atoms with Gasteiger partial charge in [0.15, 0.2) is 21.4 Å². The van der Waals surface area contributed by atoms with Crippen LogP contribution in [0.2, 0.25) is 5.02 Å². The summed E-state index contributed by atoms with van der Waals surface area (Å²) in [5.41, 5.74) is 1.01. The third-order valence-corrected chi connectivity index (χ3v) is 8.59. The number of ether oxygens (including phenoxy) is 1. The van der Waals surface area contributed by atoms with Gasteiger partial charge >= 0.3 is 6.36 Å². The van der Waals surface area contributed by atoms with Crippen molar-refractivity contribution in [2.24, 2.45) is 0 Å². The molecule has 0 aliphatic carbocycles. The van der Waals surface area contributed by atoms with Crippen LogP contribution in [0.25, 0.3) is 0 Å². The van der Waals surface area contributed by atoms with Gasteiger partial charge in [-0.05, 0) is 75.5 Å². The van der Waals surface area contributed by atoms with Crippen LogP contribution < -0.4 is 20.7 Å². The summed E-state index contributed by atoms with van der Waals surface area (Å²) < 4.78 is 69.6. The van der Waals surface area contributed by atoms with E-state index in [0.29, 0.717) is 0 Å². The SMILES string of the molecule is CC(C)S(=O)(=O)c1ccccc1Nc1nc(Nc2ccc(C3CCNCC3)cc2OC(F)(F)F)ncc1Cl. The molecule has 0 spiro atoms. The number of alkyl halides is 3. The quantitative estimate of drug-likeness (QED) is 0.296. The van der Waals surface area contributed by atoms with Crippen LogP contribution in [0.15, 0.2) is 53.6 Å². The van der Waals surface area contributed by atoms with Gasteiger partial charge in [0.2, 0.25) is 5.95 Å². The summed E-state index contributed by atoms with van der Waals surface area (Å²) in [6.45, 7) is 4.72. The number of benzene rings is 2. The number of para-hydroxylation sites is 1. The molecule has 0 saturated carbocycles. The highest BCUT2D eigenvalue weighted by Gasteiger charge is 2.33. The highest BCUT2D eigenvalue weighted by Crippen LogP contribution is 2.37. The lowest BCUT2D eigenvalue weighted by molar-refractivity contribution is -0.274. The average Bonchev–Trinajstić information content (AvgIpc) is 2.87. The van der Waals surface area contributed by atoms with Crippen molar-refractivity contribution in [2.75, 3.05) is 23.7 Å². The molecule has 1 aliphatic heterocycles. The number of nitrogens with zero attached hydrogens (tertiary/aromatic N) is 2. The number of nitrogens with one attached hydrogen (secondary N) is 3. The molecule has 8 nitrogen and oxygen atoms in total. The Kier molecular flexibility index (Phi) is 8.34. The van der Waals surface area contributed by atoms with Crippen molar-refractivity contribution < 1.29 is 26.3 Å². The Morgan fingerprint density at radius 1 is 1.08 bits per heavy atom. The van der Waals surface area contributed by atoms with E-state index in [1.54, 1.807) is 38.1 Å². The number of halogens is 4. The smallest absolute Gasteiger partial charge is 0.404 e. The topological polar surface area (TPSA) is 105 Å². The number of rotatable bonds is 8. The fourth-order valence-electron chi connectivity index (χ4n) is 4.10. The van der Waals surface area contributed by atoms with Crippen molar-refractivity contribution in [1.82, 2.24) is 15.3 Å². The molecular weight excluding hydrogens is 543 g/mol. The minimum Gasteiger partial charge on any atom is -0.404 e. The maximum Gasteiger partial charge on any atom is 0.573 e. The van der Waals surface area contributed by atoms with Crippen LogP contribution in [0, 0.1) is 0 Å². The molecule has 0 unspecified atom stereocenters. The zero-order valence-electron chi connectivity index (χ0n) is 20.6. The van der Waals surface area contributed by atoms with E-state index >= 15 is 0 Å². The number of sulfone groups is 1. The molecule has 4 rings (SSSR count). The van der Waals surface area contributed by atoms with Crippen LogP contribution in [0.5, 0.6) is 5.75 Å². The highest BCUT2D eigenvalue weighted by atomic mass is 35.5. The first-order valence-electron chi connectivity index (χ1n) is 11.9. The van der Waals surface area contributed by atoms with Crippen LogP contribution in [0.3, 0.4) is 0 Å². The maximum atomic E-state index is 13.2. The van der Waals surface area contributed by atoms with Crippen LogP contribution >= 0.6 is 11.6 Å². The normalized spacial score (nSPS) is 14.9. The fraction of sp³-hybridized carbons (Fsp3) is 0.360. The van der Waals surface area contributed by atoms with Crippen LogP contribution in [0.4, 0.5) is 36.3 Å². The van der Waals surface area contributed by atoms with E-state index in [9.17, 15) is 21.6 Å². The second-order valence-corrected chi connectivity index (χ2v) is 11.9. The molecule has 0 atom stereocenters. The van der Waals surface area contributed by atoms with Gasteiger partial charge in [0, 0.05) is 0 Å². The van der Waals surface area contributed by atoms with Crippen molar-refractivity contribution >= 4 is 44.6 Å². The lowest BCUT2D eigenvalue weighted by Gasteiger charge is -2.24. The lowest BCUT2D eigenvalue weighted by atomic mass is 9.90. The van der Waals surface area contributed by atoms with E-state index < -0.39 is 27.2 Å². The van der Waals surface area contributed by atoms with Crippen LogP contribution in [-0.4, -0.2) is 43.1 Å². The van der Waals surface area contributed by atoms with E-state index in [1.165, 1.54) is 24.4 Å². The maximum absolute atomic E-state index is 13.2. The van der Waals surface area contributed by atoms with Gasteiger partial charge < -0.3 is 20.7 Å². The number of hydrogen-bond donors (Lipinski definition) is 3. The van der Waals surface area contributed by atoms with Crippen molar-refractivity contribution in [3.63, 3.8) is 0 Å². The van der Waals surface area contributed by atoms with Gasteiger partial charge in [-0.3, -0.25) is 0 Å². The lowest BCUT2D eigenvalue weighted by Crippen LogP contribution is -2.26. The van der Waals surface area contributed by atoms with Gasteiger partial charge in [-0.1, -0.05) is 29.8 Å². The zero-order valence-corrected chi connectivity index (χ0v) is 22.2. The van der Waals surface area contributed by atoms with Crippen molar-refractivity contribution in [1.29, 1.82) is 0 Å². The molecule has 13 heteroatoms. The van der Waals surface area contributed by atoms with Crippen molar-refractivity contribution in [3.05, 3.63) is 59.2 Å². The summed E-state index contributed by atoms with van der Waals surface area (Å²) in [4.78, 5) is 8.41. The first-order valence-corrected chi connectivity index (χ1v) is 13.9. The van der Waals surface area contributed by atoms with Crippen molar-refractivity contribution in [2.45, 2.75) is 49.1 Å². The first-order chi connectivity index (χ1) is 17.9. The van der Waals surface area contributed by atoms with Gasteiger partial charge in [0.1, 0.15) is 5.02 Å². The second kappa shape index (κ2) is 11.3. The molecule has 2 aromatic carbocycles. The predicted octanol–water partition coefficient (Wildman–Crippen LogP) is 6.16. The Labute approximate surface area is 223 Å². The molecule has 3 N–H and O–H groups in total. The first kappa shape index (κ1) is 27.9. The molecule has 1 saturated heterocycles. The summed E-state index contributed by atoms with van der Waals surface area (Å²) in [6, 6.07) is 10.9. The molecule has 1 fully saturated rings. The van der Waals surface area contributed by atoms with Gasteiger partial charge in [-0.15, -0.1) is 13.2 Å². The van der Waals surface area contributed by atoms with Gasteiger partial charge in [-0.25, -0.2) is 13.4 Å². The monoisotopic (exact) mass is 569 g/mol. The Bertz CT molecular complexity index is 1400. The molecule has 1 aromatic heterocycles. The Morgan fingerprint density at radius 3 is 2.47 bits per heavy atom.